The number of nitriles is 1. The summed E-state index contributed by atoms with van der Waals surface area (Å²) in [7, 11) is 0. The predicted octanol–water partition coefficient (Wildman–Crippen LogP) is 5.02. The fourth-order valence-corrected chi connectivity index (χ4v) is 3.16. The highest BCUT2D eigenvalue weighted by atomic mass is 32.1. The van der Waals surface area contributed by atoms with Crippen molar-refractivity contribution in [3.8, 4) is 17.5 Å². The van der Waals surface area contributed by atoms with E-state index in [-0.39, 0.29) is 0 Å². The van der Waals surface area contributed by atoms with E-state index in [2.05, 4.69) is 16.0 Å². The second kappa shape index (κ2) is 6.11. The molecule has 0 radical (unpaired) electrons. The molecular weight excluding hydrogens is 318 g/mol. The maximum atomic E-state index is 9.44. The minimum Gasteiger partial charge on any atom is -0.454 e. The highest BCUT2D eigenvalue weighted by Crippen LogP contribution is 2.31. The lowest BCUT2D eigenvalue weighted by atomic mass is 10.2. The molecule has 0 saturated heterocycles. The molecule has 3 heterocycles. The Kier molecular flexibility index (Phi) is 3.66. The largest absolute Gasteiger partial charge is 0.454 e. The quantitative estimate of drug-likeness (QED) is 0.495. The van der Waals surface area contributed by atoms with Gasteiger partial charge in [0, 0.05) is 23.2 Å². The van der Waals surface area contributed by atoms with Crippen molar-refractivity contribution in [2.45, 2.75) is 0 Å². The Balaban J connectivity index is 1.71. The van der Waals surface area contributed by atoms with Crippen molar-refractivity contribution in [1.29, 1.82) is 5.26 Å². The first-order valence-corrected chi connectivity index (χ1v) is 8.18. The number of pyridine rings is 1. The second-order valence-corrected chi connectivity index (χ2v) is 6.00. The van der Waals surface area contributed by atoms with Gasteiger partial charge >= 0.3 is 0 Å². The van der Waals surface area contributed by atoms with Gasteiger partial charge in [0.1, 0.15) is 22.4 Å². The van der Waals surface area contributed by atoms with E-state index in [1.165, 1.54) is 11.3 Å². The molecule has 5 heteroatoms. The highest BCUT2D eigenvalue weighted by molar-refractivity contribution is 7.11. The molecule has 24 heavy (non-hydrogen) atoms. The average Bonchev–Trinajstić information content (AvgIpc) is 3.27. The van der Waals surface area contributed by atoms with Gasteiger partial charge in [-0.3, -0.25) is 4.98 Å². The normalized spacial score (nSPS) is 11.5. The molecule has 0 fully saturated rings. The maximum Gasteiger partial charge on any atom is 0.154 e. The van der Waals surface area contributed by atoms with Crippen LogP contribution in [0, 0.1) is 11.3 Å². The molecule has 0 amide bonds. The fraction of sp³-hybridized carbons (Fsp3) is 0. The lowest BCUT2D eigenvalue weighted by Gasteiger charge is -1.94. The molecule has 114 valence electrons. The van der Waals surface area contributed by atoms with Gasteiger partial charge in [-0.05, 0) is 29.8 Å². The summed E-state index contributed by atoms with van der Waals surface area (Å²) in [6, 6.07) is 15.7. The van der Waals surface area contributed by atoms with Crippen molar-refractivity contribution in [2.24, 2.45) is 0 Å². The van der Waals surface area contributed by atoms with Crippen LogP contribution in [0.5, 0.6) is 0 Å². The number of nitrogens with zero attached hydrogens (tertiary/aromatic N) is 3. The molecule has 0 spiro atoms. The molecule has 0 unspecified atom stereocenters. The third-order valence-electron chi connectivity index (χ3n) is 3.53. The number of para-hydroxylation sites is 1. The molecule has 4 rings (SSSR count). The van der Waals surface area contributed by atoms with E-state index >= 15 is 0 Å². The van der Waals surface area contributed by atoms with Gasteiger partial charge < -0.3 is 4.42 Å². The number of allylic oxidation sites excluding steroid dienone is 1. The van der Waals surface area contributed by atoms with Crippen LogP contribution in [0.4, 0.5) is 0 Å². The van der Waals surface area contributed by atoms with Gasteiger partial charge in [0.15, 0.2) is 5.76 Å². The van der Waals surface area contributed by atoms with Gasteiger partial charge in [0.25, 0.3) is 0 Å². The maximum absolute atomic E-state index is 9.44. The van der Waals surface area contributed by atoms with Gasteiger partial charge in [-0.25, -0.2) is 4.98 Å². The van der Waals surface area contributed by atoms with Crippen LogP contribution in [0.25, 0.3) is 34.1 Å². The molecular formula is C19H11N3OS. The summed E-state index contributed by atoms with van der Waals surface area (Å²) in [5.41, 5.74) is 2.94. The van der Waals surface area contributed by atoms with Crippen LogP contribution in [0.1, 0.15) is 10.6 Å². The molecule has 0 bridgehead atoms. The van der Waals surface area contributed by atoms with Crippen LogP contribution >= 0.6 is 11.3 Å². The van der Waals surface area contributed by atoms with E-state index in [4.69, 9.17) is 4.42 Å². The van der Waals surface area contributed by atoms with Gasteiger partial charge in [0.05, 0.1) is 5.57 Å². The third-order valence-corrected chi connectivity index (χ3v) is 4.40. The van der Waals surface area contributed by atoms with Crippen molar-refractivity contribution in [1.82, 2.24) is 9.97 Å². The van der Waals surface area contributed by atoms with Crippen molar-refractivity contribution >= 4 is 34.0 Å². The van der Waals surface area contributed by atoms with Crippen molar-refractivity contribution in [3.63, 3.8) is 0 Å². The van der Waals surface area contributed by atoms with E-state index < -0.39 is 0 Å². The second-order valence-electron chi connectivity index (χ2n) is 5.14. The van der Waals surface area contributed by atoms with Crippen LogP contribution in [0.3, 0.4) is 0 Å². The summed E-state index contributed by atoms with van der Waals surface area (Å²) in [5.74, 6) is 0.706. The average molecular weight is 329 g/mol. The predicted molar refractivity (Wildman–Crippen MR) is 95.0 cm³/mol. The number of fused-ring (bicyclic) bond motifs is 1. The molecule has 0 aliphatic rings. The molecule has 4 nitrogen and oxygen atoms in total. The number of thiazole rings is 1. The molecule has 0 N–H and O–H groups in total. The first-order chi connectivity index (χ1) is 11.8. The van der Waals surface area contributed by atoms with E-state index in [0.29, 0.717) is 16.3 Å². The highest BCUT2D eigenvalue weighted by Gasteiger charge is 2.12. The summed E-state index contributed by atoms with van der Waals surface area (Å²) < 4.78 is 5.83. The van der Waals surface area contributed by atoms with E-state index in [1.54, 1.807) is 18.5 Å². The Labute approximate surface area is 142 Å². The number of benzene rings is 1. The zero-order valence-corrected chi connectivity index (χ0v) is 13.3. The lowest BCUT2D eigenvalue weighted by Crippen LogP contribution is -1.82. The summed E-state index contributed by atoms with van der Waals surface area (Å²) in [6.07, 6.45) is 5.20. The smallest absolute Gasteiger partial charge is 0.154 e. The molecule has 0 saturated carbocycles. The van der Waals surface area contributed by atoms with Gasteiger partial charge in [-0.15, -0.1) is 11.3 Å². The van der Waals surface area contributed by atoms with Crippen molar-refractivity contribution in [2.75, 3.05) is 0 Å². The zero-order chi connectivity index (χ0) is 16.4. The molecule has 3 aromatic heterocycles. The lowest BCUT2D eigenvalue weighted by molar-refractivity contribution is 0.629. The molecule has 0 aliphatic carbocycles. The topological polar surface area (TPSA) is 62.7 Å². The summed E-state index contributed by atoms with van der Waals surface area (Å²) in [6.45, 7) is 0. The zero-order valence-electron chi connectivity index (χ0n) is 12.5. The van der Waals surface area contributed by atoms with E-state index in [9.17, 15) is 5.26 Å². The number of aromatic nitrogens is 2. The summed E-state index contributed by atoms with van der Waals surface area (Å²) >= 11 is 1.42. The van der Waals surface area contributed by atoms with Crippen molar-refractivity contribution in [3.05, 3.63) is 70.8 Å². The Morgan fingerprint density at radius 1 is 1.21 bits per heavy atom. The van der Waals surface area contributed by atoms with Gasteiger partial charge in [-0.1, -0.05) is 24.3 Å². The van der Waals surface area contributed by atoms with Crippen molar-refractivity contribution < 1.29 is 4.42 Å². The molecule has 1 aromatic carbocycles. The van der Waals surface area contributed by atoms with E-state index in [0.717, 1.165) is 22.2 Å². The van der Waals surface area contributed by atoms with E-state index in [1.807, 2.05) is 47.8 Å². The molecule has 0 aliphatic heterocycles. The van der Waals surface area contributed by atoms with Crippen LogP contribution in [0.15, 0.2) is 64.7 Å². The Bertz CT molecular complexity index is 1040. The first-order valence-electron chi connectivity index (χ1n) is 7.30. The van der Waals surface area contributed by atoms with Crippen LogP contribution in [-0.2, 0) is 0 Å². The van der Waals surface area contributed by atoms with Crippen LogP contribution < -0.4 is 0 Å². The van der Waals surface area contributed by atoms with Gasteiger partial charge in [-0.2, -0.15) is 5.26 Å². The number of rotatable bonds is 3. The Morgan fingerprint density at radius 3 is 2.92 bits per heavy atom. The number of hydrogen-bond donors (Lipinski definition) is 0. The standard InChI is InChI=1S/C19H11N3OS/c20-10-15(8-13-4-3-7-21-11-13)19-22-16(12-24-19)18-9-14-5-1-2-6-17(14)23-18/h1-9,11-12H/b15-8+. The SMILES string of the molecule is N#C/C(=C\c1cccnc1)c1nc(-c2cc3ccccc3o2)cs1. The first kappa shape index (κ1) is 14.4. The Morgan fingerprint density at radius 2 is 2.12 bits per heavy atom. The minimum atomic E-state index is 0.510. The van der Waals surface area contributed by atoms with Crippen LogP contribution in [-0.4, -0.2) is 9.97 Å². The minimum absolute atomic E-state index is 0.510. The summed E-state index contributed by atoms with van der Waals surface area (Å²) in [5, 5.41) is 13.0. The summed E-state index contributed by atoms with van der Waals surface area (Å²) in [4.78, 5) is 8.61. The number of furan rings is 1. The monoisotopic (exact) mass is 329 g/mol. The number of hydrogen-bond acceptors (Lipinski definition) is 5. The van der Waals surface area contributed by atoms with Gasteiger partial charge in [0.2, 0.25) is 0 Å². The fourth-order valence-electron chi connectivity index (χ4n) is 2.39. The Hall–Kier alpha value is -3.23. The third kappa shape index (κ3) is 2.71. The van der Waals surface area contributed by atoms with Crippen LogP contribution in [0.2, 0.25) is 0 Å². The molecule has 4 aromatic rings. The molecule has 0 atom stereocenters.